The molecule has 4 aromatic carbocycles. The number of ether oxygens (including phenoxy) is 1. The maximum atomic E-state index is 14.1. The van der Waals surface area contributed by atoms with Gasteiger partial charge in [0.1, 0.15) is 23.7 Å². The number of nitrogens with zero attached hydrogens (tertiary/aromatic N) is 5. The van der Waals surface area contributed by atoms with Gasteiger partial charge in [-0.3, -0.25) is 14.5 Å². The number of carbonyl (C=O) groups is 3. The Balaban J connectivity index is 0.914. The number of methoxy groups -OCH3 is 1. The van der Waals surface area contributed by atoms with E-state index in [1.807, 2.05) is 53.2 Å². The van der Waals surface area contributed by atoms with Gasteiger partial charge in [0.15, 0.2) is 0 Å². The zero-order valence-electron chi connectivity index (χ0n) is 32.6. The molecule has 0 bridgehead atoms. The van der Waals surface area contributed by atoms with Crippen molar-refractivity contribution in [3.05, 3.63) is 108 Å². The van der Waals surface area contributed by atoms with Crippen LogP contribution in [0.25, 0.3) is 44.3 Å². The first-order chi connectivity index (χ1) is 27.8. The van der Waals surface area contributed by atoms with Gasteiger partial charge in [0, 0.05) is 12.6 Å². The van der Waals surface area contributed by atoms with Gasteiger partial charge in [0.05, 0.1) is 41.3 Å². The molecule has 0 aliphatic carbocycles. The average Bonchev–Trinajstić information content (AvgIpc) is 4.07. The third kappa shape index (κ3) is 6.81. The number of hydrogen-bond donors (Lipinski definition) is 3. The van der Waals surface area contributed by atoms with Crippen LogP contribution in [0.1, 0.15) is 80.8 Å². The first-order valence-electron chi connectivity index (χ1n) is 20.1. The molecule has 9 rings (SSSR count). The first-order valence-corrected chi connectivity index (χ1v) is 20.1. The van der Waals surface area contributed by atoms with Crippen molar-refractivity contribution in [2.75, 3.05) is 27.2 Å². The third-order valence-corrected chi connectivity index (χ3v) is 12.3. The molecular weight excluding hydrogens is 717 g/mol. The molecule has 2 aromatic heterocycles. The number of rotatable bonds is 9. The van der Waals surface area contributed by atoms with Crippen LogP contribution in [0, 0.1) is 0 Å². The van der Waals surface area contributed by atoms with Gasteiger partial charge < -0.3 is 29.8 Å². The normalized spacial score (nSPS) is 21.4. The van der Waals surface area contributed by atoms with E-state index < -0.39 is 12.1 Å². The van der Waals surface area contributed by atoms with Crippen LogP contribution in [0.5, 0.6) is 0 Å². The molecule has 6 aromatic rings. The van der Waals surface area contributed by atoms with E-state index in [0.717, 1.165) is 100 Å². The molecule has 3 saturated heterocycles. The van der Waals surface area contributed by atoms with Gasteiger partial charge in [-0.1, -0.05) is 73.7 Å². The number of benzene rings is 4. The van der Waals surface area contributed by atoms with E-state index in [1.54, 1.807) is 0 Å². The Morgan fingerprint density at radius 3 is 2.02 bits per heavy atom. The zero-order valence-corrected chi connectivity index (χ0v) is 32.6. The Morgan fingerprint density at radius 1 is 0.807 bits per heavy atom. The van der Waals surface area contributed by atoms with Gasteiger partial charge >= 0.3 is 6.09 Å². The number of carbonyl (C=O) groups excluding carboxylic acids is 3. The zero-order chi connectivity index (χ0) is 39.2. The number of alkyl carbamates (subject to hydrolysis) is 1. The van der Waals surface area contributed by atoms with Crippen LogP contribution >= 0.6 is 0 Å². The van der Waals surface area contributed by atoms with E-state index >= 15 is 0 Å². The van der Waals surface area contributed by atoms with Crippen molar-refractivity contribution >= 4 is 40.0 Å². The number of aromatic amines is 2. The number of likely N-dealkylation sites (N-methyl/N-ethyl adjacent to an activating group) is 1. The van der Waals surface area contributed by atoms with Crippen LogP contribution in [0.2, 0.25) is 0 Å². The van der Waals surface area contributed by atoms with Gasteiger partial charge in [-0.15, -0.1) is 0 Å². The maximum Gasteiger partial charge on any atom is 0.407 e. The minimum absolute atomic E-state index is 0.0762. The summed E-state index contributed by atoms with van der Waals surface area (Å²) < 4.78 is 4.75. The predicted octanol–water partition coefficient (Wildman–Crippen LogP) is 7.68. The molecule has 5 atom stereocenters. The van der Waals surface area contributed by atoms with Crippen LogP contribution < -0.4 is 5.32 Å². The topological polar surface area (TPSA) is 140 Å². The summed E-state index contributed by atoms with van der Waals surface area (Å²) in [7, 11) is 3.32. The highest BCUT2D eigenvalue weighted by atomic mass is 16.5. The third-order valence-electron chi connectivity index (χ3n) is 12.3. The van der Waals surface area contributed by atoms with E-state index in [1.165, 1.54) is 7.11 Å². The monoisotopic (exact) mass is 764 g/mol. The summed E-state index contributed by atoms with van der Waals surface area (Å²) in [6.45, 7) is 3.57. The molecule has 0 spiro atoms. The van der Waals surface area contributed by atoms with E-state index in [0.29, 0.717) is 13.0 Å². The summed E-state index contributed by atoms with van der Waals surface area (Å²) in [4.78, 5) is 62.6. The van der Waals surface area contributed by atoms with E-state index in [4.69, 9.17) is 14.7 Å². The van der Waals surface area contributed by atoms with Crippen LogP contribution in [-0.2, 0) is 14.3 Å². The molecular formula is C45H48N8O4. The number of nitrogens with one attached hydrogen (secondary N) is 3. The Morgan fingerprint density at radius 2 is 1.40 bits per heavy atom. The van der Waals surface area contributed by atoms with Gasteiger partial charge in [-0.25, -0.2) is 14.8 Å². The summed E-state index contributed by atoms with van der Waals surface area (Å²) in [5.41, 5.74) is 8.93. The Bertz CT molecular complexity index is 2440. The SMILES string of the molecule is CCN(C)[C@@H](C(=O)N1CCC[C@H]1c1nc2ccc(-c3ccc(-c4ccc5nc([C@@H]6CC[C@@H]7CC[C@H](NC(=O)OC)C(=O)N76)[nH]c5c4)cc3)cc2[nH]1)c1ccccc1. The Labute approximate surface area is 331 Å². The molecule has 12 heteroatoms. The maximum absolute atomic E-state index is 14.1. The fourth-order valence-electron chi connectivity index (χ4n) is 9.23. The standard InChI is InChI=1S/C45H48N8O4/c1-4-51(2)40(29-9-6-5-7-10-29)44(55)52-24-8-11-38(52)41-46-33-20-16-30(25-36(33)48-41)27-12-14-28(15-13-27)31-17-21-34-37(26-31)49-42(47-34)39-23-19-32-18-22-35(43(54)53(32)39)50-45(56)57-3/h5-7,9-10,12-17,20-21,25-26,32,35,38-40H,4,8,11,18-19,22-24H2,1-3H3,(H,46,48)(H,47,49)(H,50,56)/t32-,35-,38-,39-,40+/m0/s1. The first kappa shape index (κ1) is 36.6. The van der Waals surface area contributed by atoms with Gasteiger partial charge in [-0.05, 0) is 104 Å². The minimum atomic E-state index is -0.588. The van der Waals surface area contributed by atoms with Crippen LogP contribution in [-0.4, -0.2) is 91.9 Å². The molecule has 0 unspecified atom stereocenters. The lowest BCUT2D eigenvalue weighted by molar-refractivity contribution is -0.140. The van der Waals surface area contributed by atoms with Crippen LogP contribution in [0.15, 0.2) is 91.0 Å². The summed E-state index contributed by atoms with van der Waals surface area (Å²) in [6, 6.07) is 30.1. The van der Waals surface area contributed by atoms with E-state index in [2.05, 4.69) is 81.7 Å². The Hall–Kier alpha value is -6.01. The quantitative estimate of drug-likeness (QED) is 0.137. The number of piperidine rings is 1. The van der Waals surface area contributed by atoms with Crippen molar-refractivity contribution in [3.8, 4) is 22.3 Å². The molecule has 3 fully saturated rings. The summed E-state index contributed by atoms with van der Waals surface area (Å²) in [6.07, 6.45) is 4.41. The Kier molecular flexibility index (Phi) is 9.73. The lowest BCUT2D eigenvalue weighted by Crippen LogP contribution is -2.54. The van der Waals surface area contributed by atoms with Gasteiger partial charge in [0.25, 0.3) is 0 Å². The summed E-state index contributed by atoms with van der Waals surface area (Å²) in [5, 5.41) is 2.70. The van der Waals surface area contributed by atoms with E-state index in [9.17, 15) is 14.4 Å². The van der Waals surface area contributed by atoms with Crippen LogP contribution in [0.4, 0.5) is 4.79 Å². The smallest absolute Gasteiger partial charge is 0.407 e. The molecule has 0 radical (unpaired) electrons. The minimum Gasteiger partial charge on any atom is -0.453 e. The van der Waals surface area contributed by atoms with Crippen molar-refractivity contribution in [2.24, 2.45) is 0 Å². The van der Waals surface area contributed by atoms with Gasteiger partial charge in [0.2, 0.25) is 11.8 Å². The fourth-order valence-corrected chi connectivity index (χ4v) is 9.23. The molecule has 3 N–H and O–H groups in total. The molecule has 12 nitrogen and oxygen atoms in total. The second kappa shape index (κ2) is 15.2. The number of imidazole rings is 2. The van der Waals surface area contributed by atoms with Gasteiger partial charge in [-0.2, -0.15) is 0 Å². The lowest BCUT2D eigenvalue weighted by Gasteiger charge is -2.37. The molecule has 3 aliphatic rings. The number of fused-ring (bicyclic) bond motifs is 3. The summed E-state index contributed by atoms with van der Waals surface area (Å²) in [5.74, 6) is 1.65. The molecule has 57 heavy (non-hydrogen) atoms. The number of aromatic nitrogens is 4. The second-order valence-corrected chi connectivity index (χ2v) is 15.6. The van der Waals surface area contributed by atoms with E-state index in [-0.39, 0.29) is 36.0 Å². The highest BCUT2D eigenvalue weighted by Gasteiger charge is 2.45. The molecule has 3 amide bonds. The summed E-state index contributed by atoms with van der Waals surface area (Å²) >= 11 is 0. The number of likely N-dealkylation sites (tertiary alicyclic amines) is 1. The highest BCUT2D eigenvalue weighted by molar-refractivity contribution is 5.88. The highest BCUT2D eigenvalue weighted by Crippen LogP contribution is 2.41. The van der Waals surface area contributed by atoms with Crippen molar-refractivity contribution < 1.29 is 19.1 Å². The molecule has 292 valence electrons. The lowest BCUT2D eigenvalue weighted by atomic mass is 9.98. The van der Waals surface area contributed by atoms with Crippen molar-refractivity contribution in [1.29, 1.82) is 0 Å². The average molecular weight is 765 g/mol. The predicted molar refractivity (Wildman–Crippen MR) is 219 cm³/mol. The van der Waals surface area contributed by atoms with Crippen LogP contribution in [0.3, 0.4) is 0 Å². The van der Waals surface area contributed by atoms with Crippen molar-refractivity contribution in [3.63, 3.8) is 0 Å². The molecule has 5 heterocycles. The fraction of sp³-hybridized carbons (Fsp3) is 0.356. The largest absolute Gasteiger partial charge is 0.453 e. The molecule has 0 saturated carbocycles. The van der Waals surface area contributed by atoms with Crippen molar-refractivity contribution in [2.45, 2.75) is 75.7 Å². The molecule has 3 aliphatic heterocycles. The van der Waals surface area contributed by atoms with Crippen molar-refractivity contribution in [1.82, 2.24) is 40.0 Å². The second-order valence-electron chi connectivity index (χ2n) is 15.6. The number of H-pyrrole nitrogens is 2. The number of amides is 3. The number of hydrogen-bond acceptors (Lipinski definition) is 7.